The van der Waals surface area contributed by atoms with Gasteiger partial charge in [-0.1, -0.05) is 17.9 Å². The van der Waals surface area contributed by atoms with Crippen molar-refractivity contribution in [1.82, 2.24) is 5.32 Å². The van der Waals surface area contributed by atoms with Crippen LogP contribution in [0.5, 0.6) is 0 Å². The van der Waals surface area contributed by atoms with E-state index in [-0.39, 0.29) is 18.1 Å². The van der Waals surface area contributed by atoms with Crippen LogP contribution in [0.4, 0.5) is 0 Å². The second kappa shape index (κ2) is 6.56. The average molecular weight is 272 g/mol. The van der Waals surface area contributed by atoms with Crippen LogP contribution in [0.2, 0.25) is 0 Å². The summed E-state index contributed by atoms with van der Waals surface area (Å²) in [7, 11) is 0. The number of aryl methyl sites for hydroxylation is 1. The number of hydrogen-bond acceptors (Lipinski definition) is 3. The topological polar surface area (TPSA) is 64.3 Å². The predicted molar refractivity (Wildman–Crippen MR) is 78.4 cm³/mol. The maximum absolute atomic E-state index is 12.2. The molecule has 4 nitrogen and oxygen atoms in total. The van der Waals surface area contributed by atoms with Gasteiger partial charge in [-0.2, -0.15) is 0 Å². The van der Waals surface area contributed by atoms with Crippen LogP contribution in [0.25, 0.3) is 0 Å². The van der Waals surface area contributed by atoms with Crippen LogP contribution in [-0.4, -0.2) is 31.2 Å². The first kappa shape index (κ1) is 14.6. The van der Waals surface area contributed by atoms with Gasteiger partial charge in [0.1, 0.15) is 0 Å². The van der Waals surface area contributed by atoms with Crippen LogP contribution in [-0.2, 0) is 4.74 Å². The van der Waals surface area contributed by atoms with Gasteiger partial charge in [0.05, 0.1) is 18.7 Å². The van der Waals surface area contributed by atoms with Gasteiger partial charge in [0.15, 0.2) is 0 Å². The maximum atomic E-state index is 12.2. The van der Waals surface area contributed by atoms with Crippen LogP contribution in [0.3, 0.4) is 0 Å². The van der Waals surface area contributed by atoms with Gasteiger partial charge in [-0.15, -0.1) is 0 Å². The minimum atomic E-state index is -0.0804. The Hall–Kier alpha value is -1.83. The van der Waals surface area contributed by atoms with Gasteiger partial charge in [-0.3, -0.25) is 4.79 Å². The van der Waals surface area contributed by atoms with Crippen molar-refractivity contribution < 1.29 is 9.53 Å². The molecular weight excluding hydrogens is 252 g/mol. The fraction of sp³-hybridized carbons (Fsp3) is 0.438. The van der Waals surface area contributed by atoms with Gasteiger partial charge >= 0.3 is 0 Å². The van der Waals surface area contributed by atoms with E-state index in [2.05, 4.69) is 17.2 Å². The van der Waals surface area contributed by atoms with Gasteiger partial charge in [0, 0.05) is 17.7 Å². The number of amides is 1. The Kier molecular flexibility index (Phi) is 4.78. The number of carbonyl (C=O) groups is 1. The summed E-state index contributed by atoms with van der Waals surface area (Å²) >= 11 is 0. The fourth-order valence-corrected chi connectivity index (χ4v) is 2.22. The third kappa shape index (κ3) is 3.38. The molecule has 1 amide bonds. The lowest BCUT2D eigenvalue weighted by molar-refractivity contribution is 0.0866. The Morgan fingerprint density at radius 3 is 3.00 bits per heavy atom. The van der Waals surface area contributed by atoms with Crippen molar-refractivity contribution in [2.45, 2.75) is 32.4 Å². The number of rotatable bonds is 2. The summed E-state index contributed by atoms with van der Waals surface area (Å²) in [5.41, 5.74) is 7.89. The quantitative estimate of drug-likeness (QED) is 0.795. The van der Waals surface area contributed by atoms with Gasteiger partial charge in [0.2, 0.25) is 0 Å². The van der Waals surface area contributed by atoms with Crippen molar-refractivity contribution in [3.63, 3.8) is 0 Å². The number of benzene rings is 1. The number of hydrogen-bond donors (Lipinski definition) is 2. The van der Waals surface area contributed by atoms with Gasteiger partial charge in [-0.25, -0.2) is 0 Å². The summed E-state index contributed by atoms with van der Waals surface area (Å²) < 4.78 is 5.45. The molecule has 4 heteroatoms. The van der Waals surface area contributed by atoms with Crippen molar-refractivity contribution in [2.75, 3.05) is 13.2 Å². The summed E-state index contributed by atoms with van der Waals surface area (Å²) in [5.74, 6) is 5.73. The number of carbonyl (C=O) groups excluding carboxylic acids is 1. The molecule has 0 radical (unpaired) electrons. The molecule has 20 heavy (non-hydrogen) atoms. The van der Waals surface area contributed by atoms with Crippen molar-refractivity contribution in [2.24, 2.45) is 5.73 Å². The van der Waals surface area contributed by atoms with E-state index in [0.717, 1.165) is 17.5 Å². The van der Waals surface area contributed by atoms with Gasteiger partial charge in [-0.05, 0) is 38.0 Å². The zero-order valence-electron chi connectivity index (χ0n) is 11.9. The Morgan fingerprint density at radius 1 is 1.55 bits per heavy atom. The third-order valence-corrected chi connectivity index (χ3v) is 3.52. The Bertz CT molecular complexity index is 557. The first-order chi connectivity index (χ1) is 9.61. The molecule has 1 saturated heterocycles. The molecule has 1 fully saturated rings. The summed E-state index contributed by atoms with van der Waals surface area (Å²) in [5, 5.41) is 3.01. The third-order valence-electron chi connectivity index (χ3n) is 3.52. The van der Waals surface area contributed by atoms with Gasteiger partial charge in [0.25, 0.3) is 5.91 Å². The zero-order chi connectivity index (χ0) is 14.5. The number of nitrogens with two attached hydrogens (primary N) is 1. The first-order valence-corrected chi connectivity index (χ1v) is 6.84. The van der Waals surface area contributed by atoms with Crippen LogP contribution < -0.4 is 11.1 Å². The zero-order valence-corrected chi connectivity index (χ0v) is 11.9. The van der Waals surface area contributed by atoms with E-state index in [1.165, 1.54) is 0 Å². The second-order valence-corrected chi connectivity index (χ2v) is 4.98. The first-order valence-electron chi connectivity index (χ1n) is 6.84. The molecule has 1 aromatic rings. The summed E-state index contributed by atoms with van der Waals surface area (Å²) in [6, 6.07) is 5.62. The highest BCUT2D eigenvalue weighted by atomic mass is 16.5. The largest absolute Gasteiger partial charge is 0.376 e. The van der Waals surface area contributed by atoms with E-state index in [1.807, 2.05) is 32.0 Å². The fourth-order valence-electron chi connectivity index (χ4n) is 2.22. The summed E-state index contributed by atoms with van der Waals surface area (Å²) in [6.07, 6.45) is 0.930. The lowest BCUT2D eigenvalue weighted by atomic mass is 10.0. The van der Waals surface area contributed by atoms with Crippen LogP contribution in [0, 0.1) is 18.8 Å². The van der Waals surface area contributed by atoms with Crippen LogP contribution >= 0.6 is 0 Å². The number of ether oxygens (including phenoxy) is 1. The smallest absolute Gasteiger partial charge is 0.251 e. The van der Waals surface area contributed by atoms with E-state index in [0.29, 0.717) is 18.7 Å². The Labute approximate surface area is 119 Å². The van der Waals surface area contributed by atoms with E-state index in [1.54, 1.807) is 0 Å². The molecule has 1 aromatic carbocycles. The molecule has 106 valence electrons. The van der Waals surface area contributed by atoms with Crippen LogP contribution in [0.15, 0.2) is 18.2 Å². The van der Waals surface area contributed by atoms with E-state index >= 15 is 0 Å². The van der Waals surface area contributed by atoms with Crippen molar-refractivity contribution in [1.29, 1.82) is 0 Å². The maximum Gasteiger partial charge on any atom is 0.251 e. The predicted octanol–water partition coefficient (Wildman–Crippen LogP) is 1.21. The number of nitrogens with one attached hydrogen (secondary N) is 1. The normalized spacial score (nSPS) is 21.1. The van der Waals surface area contributed by atoms with E-state index < -0.39 is 0 Å². The molecule has 3 N–H and O–H groups in total. The second-order valence-electron chi connectivity index (χ2n) is 4.98. The Balaban J connectivity index is 2.13. The molecule has 0 bridgehead atoms. The SMILES string of the molecule is Cc1ccc(C(=O)NC2CCOC2C)cc1C#CCN. The molecule has 0 aliphatic carbocycles. The molecule has 0 spiro atoms. The lowest BCUT2D eigenvalue weighted by Gasteiger charge is -2.16. The average Bonchev–Trinajstić information content (AvgIpc) is 2.83. The van der Waals surface area contributed by atoms with Gasteiger partial charge < -0.3 is 15.8 Å². The van der Waals surface area contributed by atoms with Crippen molar-refractivity contribution >= 4 is 5.91 Å². The van der Waals surface area contributed by atoms with E-state index in [4.69, 9.17) is 10.5 Å². The lowest BCUT2D eigenvalue weighted by Crippen LogP contribution is -2.39. The van der Waals surface area contributed by atoms with Crippen molar-refractivity contribution in [3.8, 4) is 11.8 Å². The van der Waals surface area contributed by atoms with Crippen molar-refractivity contribution in [3.05, 3.63) is 34.9 Å². The summed E-state index contributed by atoms with van der Waals surface area (Å²) in [4.78, 5) is 12.2. The minimum absolute atomic E-state index is 0.0703. The highest BCUT2D eigenvalue weighted by molar-refractivity contribution is 5.95. The highest BCUT2D eigenvalue weighted by Crippen LogP contribution is 2.15. The molecule has 1 aliphatic heterocycles. The molecule has 0 saturated carbocycles. The minimum Gasteiger partial charge on any atom is -0.376 e. The molecule has 2 rings (SSSR count). The molecule has 0 aromatic heterocycles. The molecule has 1 heterocycles. The molecule has 2 unspecified atom stereocenters. The monoisotopic (exact) mass is 272 g/mol. The standard InChI is InChI=1S/C16H20N2O2/c1-11-5-6-14(10-13(11)4-3-8-17)16(19)18-15-7-9-20-12(15)2/h5-6,10,12,15H,7-9,17H2,1-2H3,(H,18,19). The summed E-state index contributed by atoms with van der Waals surface area (Å²) in [6.45, 7) is 4.96. The highest BCUT2D eigenvalue weighted by Gasteiger charge is 2.25. The Morgan fingerprint density at radius 2 is 2.35 bits per heavy atom. The van der Waals surface area contributed by atoms with Crippen LogP contribution in [0.1, 0.15) is 34.8 Å². The molecule has 2 atom stereocenters. The van der Waals surface area contributed by atoms with E-state index in [9.17, 15) is 4.79 Å². The molecule has 1 aliphatic rings. The molecular formula is C16H20N2O2.